The largest absolute Gasteiger partial charge is 0.143 e. The average molecular weight is 395 g/mol. The second kappa shape index (κ2) is 5.43. The van der Waals surface area contributed by atoms with Crippen LogP contribution in [-0.2, 0) is 0 Å². The number of rotatable bonds is 2. The third-order valence-corrected chi connectivity index (χ3v) is 5.70. The first-order chi connectivity index (χ1) is 7.99. The van der Waals surface area contributed by atoms with Crippen LogP contribution in [0.5, 0.6) is 0 Å². The lowest BCUT2D eigenvalue weighted by molar-refractivity contribution is 1.16. The Bertz CT molecular complexity index is 529. The highest BCUT2D eigenvalue weighted by Crippen LogP contribution is 2.39. The fourth-order valence-corrected chi connectivity index (χ4v) is 3.99. The van der Waals surface area contributed by atoms with E-state index in [0.717, 1.165) is 14.5 Å². The fourth-order valence-electron chi connectivity index (χ4n) is 1.59. The molecule has 0 aliphatic carbocycles. The van der Waals surface area contributed by atoms with Crippen LogP contribution in [0.3, 0.4) is 0 Å². The lowest BCUT2D eigenvalue weighted by Crippen LogP contribution is -1.91. The predicted octanol–water partition coefficient (Wildman–Crippen LogP) is 6.22. The zero-order valence-electron chi connectivity index (χ0n) is 9.43. The summed E-state index contributed by atoms with van der Waals surface area (Å²) in [7, 11) is 0. The molecule has 1 aromatic heterocycles. The Morgan fingerprint density at radius 1 is 1.18 bits per heavy atom. The summed E-state index contributed by atoms with van der Waals surface area (Å²) in [6.45, 7) is 4.25. The van der Waals surface area contributed by atoms with E-state index in [0.29, 0.717) is 0 Å². The molecule has 0 saturated heterocycles. The number of alkyl halides is 1. The van der Waals surface area contributed by atoms with Crippen LogP contribution < -0.4 is 0 Å². The van der Waals surface area contributed by atoms with E-state index in [2.05, 4.69) is 57.8 Å². The highest BCUT2D eigenvalue weighted by atomic mass is 79.9. The Labute approximate surface area is 127 Å². The lowest BCUT2D eigenvalue weighted by atomic mass is 10.1. The molecule has 17 heavy (non-hydrogen) atoms. The first kappa shape index (κ1) is 13.6. The Hall–Kier alpha value is 0.170. The Balaban J connectivity index is 2.42. The van der Waals surface area contributed by atoms with Crippen LogP contribution >= 0.6 is 54.8 Å². The van der Waals surface area contributed by atoms with E-state index in [1.807, 2.05) is 12.1 Å². The smallest absolute Gasteiger partial charge is 0.0939 e. The second-order valence-corrected chi connectivity index (χ2v) is 7.41. The molecule has 0 bridgehead atoms. The fraction of sp³-hybridized carbons (Fsp3) is 0.231. The molecule has 1 unspecified atom stereocenters. The molecule has 4 heteroatoms. The van der Waals surface area contributed by atoms with E-state index in [4.69, 9.17) is 11.6 Å². The second-order valence-electron chi connectivity index (χ2n) is 3.92. The molecular formula is C13H11Br2ClS. The summed E-state index contributed by atoms with van der Waals surface area (Å²) in [6, 6.07) is 8.25. The number of aryl methyl sites for hydroxylation is 2. The highest BCUT2D eigenvalue weighted by molar-refractivity contribution is 9.11. The normalized spacial score (nSPS) is 12.8. The summed E-state index contributed by atoms with van der Waals surface area (Å²) in [6.07, 6.45) is 0. The average Bonchev–Trinajstić information content (AvgIpc) is 2.62. The molecule has 1 aromatic carbocycles. The van der Waals surface area contributed by atoms with Gasteiger partial charge in [-0.25, -0.2) is 0 Å². The highest BCUT2D eigenvalue weighted by Gasteiger charge is 2.17. The van der Waals surface area contributed by atoms with E-state index in [9.17, 15) is 0 Å². The van der Waals surface area contributed by atoms with Crippen LogP contribution in [0.4, 0.5) is 0 Å². The van der Waals surface area contributed by atoms with Gasteiger partial charge in [-0.15, -0.1) is 22.9 Å². The molecular weight excluding hydrogens is 383 g/mol. The van der Waals surface area contributed by atoms with Gasteiger partial charge in [-0.2, -0.15) is 0 Å². The van der Waals surface area contributed by atoms with Crippen molar-refractivity contribution in [2.45, 2.75) is 19.2 Å². The van der Waals surface area contributed by atoms with Crippen LogP contribution in [0.2, 0.25) is 0 Å². The zero-order valence-corrected chi connectivity index (χ0v) is 14.2. The Morgan fingerprint density at radius 3 is 2.47 bits per heavy atom. The van der Waals surface area contributed by atoms with Crippen LogP contribution in [-0.4, -0.2) is 0 Å². The van der Waals surface area contributed by atoms with Gasteiger partial charge in [0.1, 0.15) is 0 Å². The van der Waals surface area contributed by atoms with Crippen LogP contribution in [0, 0.1) is 13.8 Å². The first-order valence-electron chi connectivity index (χ1n) is 5.15. The molecule has 1 heterocycles. The molecule has 0 spiro atoms. The van der Waals surface area contributed by atoms with Crippen molar-refractivity contribution in [3.05, 3.63) is 54.1 Å². The van der Waals surface area contributed by atoms with Gasteiger partial charge in [-0.1, -0.05) is 31.9 Å². The van der Waals surface area contributed by atoms with Crippen molar-refractivity contribution in [2.24, 2.45) is 0 Å². The van der Waals surface area contributed by atoms with Gasteiger partial charge in [0.2, 0.25) is 0 Å². The maximum absolute atomic E-state index is 6.55. The number of thiophene rings is 1. The number of benzene rings is 1. The van der Waals surface area contributed by atoms with Gasteiger partial charge in [-0.3, -0.25) is 0 Å². The molecule has 1 atom stereocenters. The van der Waals surface area contributed by atoms with E-state index in [1.54, 1.807) is 11.3 Å². The summed E-state index contributed by atoms with van der Waals surface area (Å²) in [4.78, 5) is 2.53. The standard InChI is InChI=1S/C13H11Br2ClS/c1-7-5-12(17-8(7)2)13(16)10-6-9(14)3-4-11(10)15/h3-6,13H,1-2H3. The predicted molar refractivity (Wildman–Crippen MR) is 83.3 cm³/mol. The molecule has 0 amide bonds. The molecule has 0 saturated carbocycles. The maximum atomic E-state index is 6.55. The van der Waals surface area contributed by atoms with E-state index < -0.39 is 0 Å². The quantitative estimate of drug-likeness (QED) is 0.531. The van der Waals surface area contributed by atoms with Gasteiger partial charge >= 0.3 is 0 Å². The topological polar surface area (TPSA) is 0 Å². The number of hydrogen-bond acceptors (Lipinski definition) is 1. The van der Waals surface area contributed by atoms with Crippen molar-refractivity contribution in [3.8, 4) is 0 Å². The van der Waals surface area contributed by atoms with Gasteiger partial charge in [-0.05, 0) is 49.2 Å². The van der Waals surface area contributed by atoms with E-state index in [-0.39, 0.29) is 5.38 Å². The monoisotopic (exact) mass is 392 g/mol. The summed E-state index contributed by atoms with van der Waals surface area (Å²) < 4.78 is 2.09. The number of halogens is 3. The third-order valence-electron chi connectivity index (χ3n) is 2.67. The molecule has 0 aliphatic rings. The van der Waals surface area contributed by atoms with Crippen molar-refractivity contribution in [1.29, 1.82) is 0 Å². The van der Waals surface area contributed by atoms with Gasteiger partial charge < -0.3 is 0 Å². The molecule has 0 aliphatic heterocycles. The van der Waals surface area contributed by atoms with E-state index in [1.165, 1.54) is 15.3 Å². The zero-order chi connectivity index (χ0) is 12.6. The molecule has 2 aromatic rings. The van der Waals surface area contributed by atoms with Crippen molar-refractivity contribution in [2.75, 3.05) is 0 Å². The maximum Gasteiger partial charge on any atom is 0.0939 e. The molecule has 90 valence electrons. The summed E-state index contributed by atoms with van der Waals surface area (Å²) >= 11 is 15.4. The minimum absolute atomic E-state index is 0.0979. The minimum atomic E-state index is -0.0979. The van der Waals surface area contributed by atoms with Crippen molar-refractivity contribution < 1.29 is 0 Å². The molecule has 0 nitrogen and oxygen atoms in total. The van der Waals surface area contributed by atoms with E-state index >= 15 is 0 Å². The van der Waals surface area contributed by atoms with Crippen molar-refractivity contribution >= 4 is 54.8 Å². The summed E-state index contributed by atoms with van der Waals surface area (Å²) in [5, 5.41) is -0.0979. The molecule has 0 N–H and O–H groups in total. The number of hydrogen-bond donors (Lipinski definition) is 0. The third kappa shape index (κ3) is 2.95. The van der Waals surface area contributed by atoms with Crippen molar-refractivity contribution in [3.63, 3.8) is 0 Å². The SMILES string of the molecule is Cc1cc(C(Cl)c2cc(Br)ccc2Br)sc1C. The van der Waals surface area contributed by atoms with Crippen molar-refractivity contribution in [1.82, 2.24) is 0 Å². The van der Waals surface area contributed by atoms with Gasteiger partial charge in [0.05, 0.1) is 5.38 Å². The van der Waals surface area contributed by atoms with Crippen LogP contribution in [0.25, 0.3) is 0 Å². The van der Waals surface area contributed by atoms with Gasteiger partial charge in [0, 0.05) is 18.7 Å². The Kier molecular flexibility index (Phi) is 4.35. The molecule has 0 fully saturated rings. The minimum Gasteiger partial charge on any atom is -0.143 e. The van der Waals surface area contributed by atoms with Crippen LogP contribution in [0.1, 0.15) is 26.3 Å². The molecule has 0 radical (unpaired) electrons. The van der Waals surface area contributed by atoms with Gasteiger partial charge in [0.15, 0.2) is 0 Å². The summed E-state index contributed by atoms with van der Waals surface area (Å²) in [5.74, 6) is 0. The lowest BCUT2D eigenvalue weighted by Gasteiger charge is -2.10. The molecule has 2 rings (SSSR count). The first-order valence-corrected chi connectivity index (χ1v) is 7.99. The summed E-state index contributed by atoms with van der Waals surface area (Å²) in [5.41, 5.74) is 2.41. The van der Waals surface area contributed by atoms with Gasteiger partial charge in [0.25, 0.3) is 0 Å². The van der Waals surface area contributed by atoms with Crippen LogP contribution in [0.15, 0.2) is 33.2 Å². The Morgan fingerprint density at radius 2 is 1.88 bits per heavy atom.